The predicted octanol–water partition coefficient (Wildman–Crippen LogP) is 2.64. The van der Waals surface area contributed by atoms with Gasteiger partial charge in [0.2, 0.25) is 0 Å². The molecule has 1 amide bonds. The van der Waals surface area contributed by atoms with Crippen LogP contribution in [0.5, 0.6) is 0 Å². The lowest BCUT2D eigenvalue weighted by Crippen LogP contribution is -2.15. The van der Waals surface area contributed by atoms with Gasteiger partial charge in [0, 0.05) is 10.6 Å². The molecule has 0 bridgehead atoms. The molecule has 0 saturated carbocycles. The number of benzene rings is 2. The summed E-state index contributed by atoms with van der Waals surface area (Å²) in [7, 11) is 0. The highest BCUT2D eigenvalue weighted by molar-refractivity contribution is 7.98. The van der Waals surface area contributed by atoms with Crippen LogP contribution < -0.4 is 5.32 Å². The minimum Gasteiger partial charge on any atom is -0.322 e. The van der Waals surface area contributed by atoms with Gasteiger partial charge in [0.25, 0.3) is 5.91 Å². The van der Waals surface area contributed by atoms with Crippen LogP contribution in [-0.4, -0.2) is 32.4 Å². The van der Waals surface area contributed by atoms with E-state index in [9.17, 15) is 4.79 Å². The smallest absolute Gasteiger partial charge is 0.257 e. The molecule has 0 atom stereocenters. The number of para-hydroxylation sites is 1. The minimum atomic E-state index is -0.204. The molecule has 0 unspecified atom stereocenters. The number of thioether (sulfide) groups is 1. The van der Waals surface area contributed by atoms with E-state index in [4.69, 9.17) is 0 Å². The van der Waals surface area contributed by atoms with Crippen molar-refractivity contribution in [1.29, 1.82) is 0 Å². The number of carbonyl (C=O) groups is 1. The fourth-order valence-corrected chi connectivity index (χ4v) is 2.50. The SMILES string of the molecule is CSc1cccc(NC(=O)c2ccccc2-n2cnnn2)c1. The second-order valence-corrected chi connectivity index (χ2v) is 5.34. The molecule has 7 heteroatoms. The van der Waals surface area contributed by atoms with E-state index in [1.54, 1.807) is 30.0 Å². The zero-order valence-corrected chi connectivity index (χ0v) is 12.6. The zero-order valence-electron chi connectivity index (χ0n) is 11.8. The topological polar surface area (TPSA) is 72.7 Å². The van der Waals surface area contributed by atoms with Crippen molar-refractivity contribution < 1.29 is 4.79 Å². The van der Waals surface area contributed by atoms with Gasteiger partial charge in [-0.05, 0) is 47.0 Å². The van der Waals surface area contributed by atoms with Gasteiger partial charge in [-0.25, -0.2) is 0 Å². The Hall–Kier alpha value is -2.67. The van der Waals surface area contributed by atoms with Gasteiger partial charge in [0.1, 0.15) is 6.33 Å². The summed E-state index contributed by atoms with van der Waals surface area (Å²) in [4.78, 5) is 13.6. The van der Waals surface area contributed by atoms with Gasteiger partial charge in [-0.15, -0.1) is 16.9 Å². The number of anilines is 1. The van der Waals surface area contributed by atoms with E-state index in [0.717, 1.165) is 10.6 Å². The molecule has 110 valence electrons. The van der Waals surface area contributed by atoms with Crippen LogP contribution in [0.4, 0.5) is 5.69 Å². The van der Waals surface area contributed by atoms with Crippen molar-refractivity contribution >= 4 is 23.4 Å². The molecule has 0 aliphatic heterocycles. The summed E-state index contributed by atoms with van der Waals surface area (Å²) < 4.78 is 1.47. The fourth-order valence-electron chi connectivity index (χ4n) is 2.04. The van der Waals surface area contributed by atoms with Crippen molar-refractivity contribution in [3.05, 3.63) is 60.4 Å². The quantitative estimate of drug-likeness (QED) is 0.750. The maximum absolute atomic E-state index is 12.5. The number of hydrogen-bond donors (Lipinski definition) is 1. The van der Waals surface area contributed by atoms with E-state index in [0.29, 0.717) is 11.3 Å². The van der Waals surface area contributed by atoms with Crippen LogP contribution in [0.2, 0.25) is 0 Å². The normalized spacial score (nSPS) is 10.4. The molecule has 22 heavy (non-hydrogen) atoms. The molecular weight excluding hydrogens is 298 g/mol. The minimum absolute atomic E-state index is 0.204. The number of nitrogens with one attached hydrogen (secondary N) is 1. The van der Waals surface area contributed by atoms with Crippen molar-refractivity contribution in [3.8, 4) is 5.69 Å². The van der Waals surface area contributed by atoms with Crippen LogP contribution in [0.1, 0.15) is 10.4 Å². The monoisotopic (exact) mass is 311 g/mol. The second kappa shape index (κ2) is 6.40. The average Bonchev–Trinajstić information content (AvgIpc) is 3.09. The summed E-state index contributed by atoms with van der Waals surface area (Å²) in [5.41, 5.74) is 1.89. The number of carbonyl (C=O) groups excluding carboxylic acids is 1. The van der Waals surface area contributed by atoms with E-state index < -0.39 is 0 Å². The fraction of sp³-hybridized carbons (Fsp3) is 0.0667. The highest BCUT2D eigenvalue weighted by atomic mass is 32.2. The van der Waals surface area contributed by atoms with Crippen molar-refractivity contribution in [2.45, 2.75) is 4.90 Å². The molecule has 1 heterocycles. The summed E-state index contributed by atoms with van der Waals surface area (Å²) in [5.74, 6) is -0.204. The molecule has 0 fully saturated rings. The Morgan fingerprint density at radius 2 is 2.05 bits per heavy atom. The number of hydrogen-bond acceptors (Lipinski definition) is 5. The van der Waals surface area contributed by atoms with E-state index in [-0.39, 0.29) is 5.91 Å². The molecular formula is C15H13N5OS. The molecule has 1 aromatic heterocycles. The van der Waals surface area contributed by atoms with Gasteiger partial charge in [0.05, 0.1) is 11.3 Å². The third-order valence-electron chi connectivity index (χ3n) is 3.07. The van der Waals surface area contributed by atoms with Gasteiger partial charge < -0.3 is 5.32 Å². The number of amides is 1. The van der Waals surface area contributed by atoms with Gasteiger partial charge in [0.15, 0.2) is 0 Å². The lowest BCUT2D eigenvalue weighted by atomic mass is 10.1. The van der Waals surface area contributed by atoms with E-state index in [2.05, 4.69) is 20.8 Å². The standard InChI is InChI=1S/C15H13N5OS/c1-22-12-6-4-5-11(9-12)17-15(21)13-7-2-3-8-14(13)20-10-16-18-19-20/h2-10H,1H3,(H,17,21). The van der Waals surface area contributed by atoms with Crippen LogP contribution in [-0.2, 0) is 0 Å². The van der Waals surface area contributed by atoms with Gasteiger partial charge in [-0.1, -0.05) is 18.2 Å². The molecule has 0 aliphatic carbocycles. The molecule has 0 aliphatic rings. The van der Waals surface area contributed by atoms with E-state index in [1.807, 2.05) is 36.6 Å². The van der Waals surface area contributed by atoms with Crippen LogP contribution >= 0.6 is 11.8 Å². The Kier molecular flexibility index (Phi) is 4.15. The summed E-state index contributed by atoms with van der Waals surface area (Å²) in [6, 6.07) is 14.9. The lowest BCUT2D eigenvalue weighted by molar-refractivity contribution is 0.102. The first kappa shape index (κ1) is 14.3. The molecule has 3 rings (SSSR count). The first-order valence-corrected chi connectivity index (χ1v) is 7.78. The predicted molar refractivity (Wildman–Crippen MR) is 85.3 cm³/mol. The number of nitrogens with zero attached hydrogens (tertiary/aromatic N) is 4. The summed E-state index contributed by atoms with van der Waals surface area (Å²) in [6.45, 7) is 0. The Labute approximate surface area is 131 Å². The number of aromatic nitrogens is 4. The Balaban J connectivity index is 1.89. The molecule has 6 nitrogen and oxygen atoms in total. The highest BCUT2D eigenvalue weighted by Crippen LogP contribution is 2.20. The van der Waals surface area contributed by atoms with E-state index in [1.165, 1.54) is 11.0 Å². The lowest BCUT2D eigenvalue weighted by Gasteiger charge is -2.10. The number of tetrazole rings is 1. The molecule has 0 spiro atoms. The largest absolute Gasteiger partial charge is 0.322 e. The van der Waals surface area contributed by atoms with Gasteiger partial charge in [-0.2, -0.15) is 4.68 Å². The summed E-state index contributed by atoms with van der Waals surface area (Å²) in [6.07, 6.45) is 3.45. The molecule has 1 N–H and O–H groups in total. The zero-order chi connectivity index (χ0) is 15.4. The van der Waals surface area contributed by atoms with Crippen LogP contribution in [0.15, 0.2) is 59.8 Å². The Morgan fingerprint density at radius 1 is 1.18 bits per heavy atom. The van der Waals surface area contributed by atoms with Crippen LogP contribution in [0.25, 0.3) is 5.69 Å². The van der Waals surface area contributed by atoms with Crippen LogP contribution in [0.3, 0.4) is 0 Å². The molecule has 0 saturated heterocycles. The van der Waals surface area contributed by atoms with Crippen molar-refractivity contribution in [1.82, 2.24) is 20.2 Å². The third kappa shape index (κ3) is 2.99. The van der Waals surface area contributed by atoms with Crippen molar-refractivity contribution in [2.24, 2.45) is 0 Å². The van der Waals surface area contributed by atoms with Crippen LogP contribution in [0, 0.1) is 0 Å². The summed E-state index contributed by atoms with van der Waals surface area (Å²) >= 11 is 1.63. The Bertz CT molecular complexity index is 788. The second-order valence-electron chi connectivity index (χ2n) is 4.46. The summed E-state index contributed by atoms with van der Waals surface area (Å²) in [5, 5.41) is 13.9. The number of rotatable bonds is 4. The Morgan fingerprint density at radius 3 is 2.82 bits per heavy atom. The van der Waals surface area contributed by atoms with Crippen molar-refractivity contribution in [3.63, 3.8) is 0 Å². The highest BCUT2D eigenvalue weighted by Gasteiger charge is 2.13. The van der Waals surface area contributed by atoms with Gasteiger partial charge >= 0.3 is 0 Å². The maximum atomic E-state index is 12.5. The molecule has 2 aromatic carbocycles. The van der Waals surface area contributed by atoms with Crippen molar-refractivity contribution in [2.75, 3.05) is 11.6 Å². The van der Waals surface area contributed by atoms with Gasteiger partial charge in [-0.3, -0.25) is 4.79 Å². The average molecular weight is 311 g/mol. The molecule has 0 radical (unpaired) electrons. The van der Waals surface area contributed by atoms with E-state index >= 15 is 0 Å². The third-order valence-corrected chi connectivity index (χ3v) is 3.80. The molecule has 3 aromatic rings. The first-order valence-electron chi connectivity index (χ1n) is 6.56. The first-order chi connectivity index (χ1) is 10.8. The maximum Gasteiger partial charge on any atom is 0.257 e.